The van der Waals surface area contributed by atoms with Gasteiger partial charge in [0.05, 0.1) is 38.9 Å². The van der Waals surface area contributed by atoms with Crippen molar-refractivity contribution in [1.82, 2.24) is 19.7 Å². The zero-order valence-corrected chi connectivity index (χ0v) is 26.9. The van der Waals surface area contributed by atoms with Crippen molar-refractivity contribution < 1.29 is 9.53 Å². The first-order chi connectivity index (χ1) is 20.4. The topological polar surface area (TPSA) is 69.9 Å². The quantitative estimate of drug-likeness (QED) is 0.188. The van der Waals surface area contributed by atoms with Crippen LogP contribution in [0.2, 0.25) is 5.02 Å². The Balaban J connectivity index is 1.55. The lowest BCUT2D eigenvalue weighted by molar-refractivity contribution is -0.138. The molecule has 3 aromatic carbocycles. The third kappa shape index (κ3) is 5.60. The third-order valence-electron chi connectivity index (χ3n) is 7.50. The molecule has 6 aromatic rings. The number of halogens is 1. The number of thiazole rings is 1. The average molecular weight is 609 g/mol. The highest BCUT2D eigenvalue weighted by atomic mass is 35.5. The van der Waals surface area contributed by atoms with Crippen LogP contribution in [0, 0.1) is 13.8 Å². The van der Waals surface area contributed by atoms with E-state index in [1.807, 2.05) is 76.0 Å². The van der Waals surface area contributed by atoms with Crippen molar-refractivity contribution in [2.75, 3.05) is 0 Å². The van der Waals surface area contributed by atoms with Crippen molar-refractivity contribution in [2.24, 2.45) is 7.05 Å². The molecule has 0 saturated heterocycles. The summed E-state index contributed by atoms with van der Waals surface area (Å²) in [6.45, 7) is 11.6. The molecule has 8 heteroatoms. The summed E-state index contributed by atoms with van der Waals surface area (Å²) in [6, 6.07) is 20.2. The number of aryl methyl sites for hydroxylation is 3. The fourth-order valence-corrected chi connectivity index (χ4v) is 6.73. The molecule has 0 radical (unpaired) electrons. The molecule has 6 nitrogen and oxygen atoms in total. The summed E-state index contributed by atoms with van der Waals surface area (Å²) in [6.07, 6.45) is 1.15. The smallest absolute Gasteiger partial charge is 0.163 e. The van der Waals surface area contributed by atoms with Crippen molar-refractivity contribution in [3.8, 4) is 33.1 Å². The van der Waals surface area contributed by atoms with Gasteiger partial charge in [0.2, 0.25) is 0 Å². The number of carbonyl (C=O) groups excluding carboxylic acids is 1. The Morgan fingerprint density at radius 1 is 0.953 bits per heavy atom. The fraction of sp³-hybridized carbons (Fsp3) is 0.257. The van der Waals surface area contributed by atoms with Crippen LogP contribution in [0.3, 0.4) is 0 Å². The maximum atomic E-state index is 13.1. The first-order valence-corrected chi connectivity index (χ1v) is 15.4. The number of hydrogen-bond acceptors (Lipinski definition) is 6. The van der Waals surface area contributed by atoms with Gasteiger partial charge in [-0.3, -0.25) is 9.48 Å². The summed E-state index contributed by atoms with van der Waals surface area (Å²) in [4.78, 5) is 23.3. The van der Waals surface area contributed by atoms with Gasteiger partial charge < -0.3 is 4.74 Å². The summed E-state index contributed by atoms with van der Waals surface area (Å²) in [5.41, 5.74) is 8.92. The van der Waals surface area contributed by atoms with E-state index in [1.54, 1.807) is 18.3 Å². The Morgan fingerprint density at radius 3 is 2.37 bits per heavy atom. The van der Waals surface area contributed by atoms with Gasteiger partial charge in [-0.25, -0.2) is 9.97 Å². The van der Waals surface area contributed by atoms with Gasteiger partial charge in [-0.2, -0.15) is 5.10 Å². The summed E-state index contributed by atoms with van der Waals surface area (Å²) in [5, 5.41) is 6.91. The minimum absolute atomic E-state index is 0.0484. The predicted molar refractivity (Wildman–Crippen MR) is 177 cm³/mol. The lowest BCUT2D eigenvalue weighted by Gasteiger charge is -2.29. The number of benzene rings is 3. The molecule has 0 aliphatic rings. The van der Waals surface area contributed by atoms with Crippen LogP contribution in [-0.4, -0.2) is 31.1 Å². The van der Waals surface area contributed by atoms with Crippen molar-refractivity contribution in [3.63, 3.8) is 0 Å². The monoisotopic (exact) mass is 608 g/mol. The molecule has 0 amide bonds. The largest absolute Gasteiger partial charge is 0.360 e. The van der Waals surface area contributed by atoms with Crippen LogP contribution >= 0.6 is 22.9 Å². The van der Waals surface area contributed by atoms with Crippen LogP contribution in [0.1, 0.15) is 50.5 Å². The van der Waals surface area contributed by atoms with Crippen LogP contribution in [0.5, 0.6) is 0 Å². The lowest BCUT2D eigenvalue weighted by Crippen LogP contribution is -2.27. The molecule has 0 aliphatic carbocycles. The van der Waals surface area contributed by atoms with E-state index >= 15 is 0 Å². The molecular weight excluding hydrogens is 576 g/mol. The van der Waals surface area contributed by atoms with Gasteiger partial charge in [0, 0.05) is 34.1 Å². The number of pyridine rings is 1. The van der Waals surface area contributed by atoms with E-state index in [4.69, 9.17) is 26.3 Å². The summed E-state index contributed by atoms with van der Waals surface area (Å²) in [5.74, 6) is -0.0484. The van der Waals surface area contributed by atoms with Crippen LogP contribution in [0.25, 0.3) is 54.2 Å². The van der Waals surface area contributed by atoms with Crippen LogP contribution in [0.4, 0.5) is 0 Å². The molecular formula is C35H33ClN4O2S. The maximum absolute atomic E-state index is 13.1. The number of ketones is 1. The van der Waals surface area contributed by atoms with Gasteiger partial charge in [0.25, 0.3) is 0 Å². The van der Waals surface area contributed by atoms with Crippen molar-refractivity contribution in [3.05, 3.63) is 88.6 Å². The predicted octanol–water partition coefficient (Wildman–Crippen LogP) is 9.29. The van der Waals surface area contributed by atoms with Gasteiger partial charge in [0.15, 0.2) is 5.78 Å². The zero-order valence-electron chi connectivity index (χ0n) is 25.3. The first-order valence-electron chi connectivity index (χ1n) is 14.2. The van der Waals surface area contributed by atoms with Crippen molar-refractivity contribution in [1.29, 1.82) is 0 Å². The Morgan fingerprint density at radius 2 is 1.67 bits per heavy atom. The Hall–Kier alpha value is -3.91. The SMILES string of the molecule is CC(=O)[C@@H](OC(C)(C)C)c1c(C)cc2nc(-c3ccc(C)c(-c4ccc5c(cnn5C)c4)n3)sc2c1-c1ccc(Cl)cc1. The summed E-state index contributed by atoms with van der Waals surface area (Å²) in [7, 11) is 1.94. The highest BCUT2D eigenvalue weighted by Gasteiger charge is 2.30. The van der Waals surface area contributed by atoms with E-state index < -0.39 is 11.7 Å². The molecule has 43 heavy (non-hydrogen) atoms. The molecule has 3 aromatic heterocycles. The first kappa shape index (κ1) is 29.2. The van der Waals surface area contributed by atoms with E-state index in [9.17, 15) is 4.79 Å². The molecule has 0 aliphatic heterocycles. The Bertz CT molecular complexity index is 2020. The number of ether oxygens (including phenoxy) is 1. The van der Waals surface area contributed by atoms with Gasteiger partial charge in [-0.05, 0) is 94.6 Å². The molecule has 0 bridgehead atoms. The number of rotatable bonds is 6. The lowest BCUT2D eigenvalue weighted by atomic mass is 9.90. The summed E-state index contributed by atoms with van der Waals surface area (Å²) >= 11 is 7.86. The second kappa shape index (κ2) is 11.0. The van der Waals surface area contributed by atoms with Crippen LogP contribution < -0.4 is 0 Å². The molecule has 0 N–H and O–H groups in total. The van der Waals surface area contributed by atoms with Gasteiger partial charge >= 0.3 is 0 Å². The van der Waals surface area contributed by atoms with E-state index in [1.165, 1.54) is 0 Å². The van der Waals surface area contributed by atoms with E-state index in [0.29, 0.717) is 5.02 Å². The number of carbonyl (C=O) groups is 1. The molecule has 0 unspecified atom stereocenters. The second-order valence-corrected chi connectivity index (χ2v) is 13.4. The highest BCUT2D eigenvalue weighted by Crippen LogP contribution is 2.44. The van der Waals surface area contributed by atoms with Gasteiger partial charge in [0.1, 0.15) is 11.1 Å². The standard InChI is InChI=1S/C35H33ClN4O2S/c1-19-8-14-26(38-31(19)23-11-15-28-24(17-23)18-37-40(28)7)34-39-27-16-20(2)29(32(21(3)41)42-35(4,5)6)30(33(27)43-34)22-9-12-25(36)13-10-22/h8-18,32H,1-7H3/t32-/m1/s1. The minimum atomic E-state index is -0.730. The number of nitrogens with zero attached hydrogens (tertiary/aromatic N) is 4. The third-order valence-corrected chi connectivity index (χ3v) is 8.86. The number of hydrogen-bond donors (Lipinski definition) is 0. The Labute approximate surface area is 260 Å². The number of aromatic nitrogens is 4. The highest BCUT2D eigenvalue weighted by molar-refractivity contribution is 7.22. The molecule has 0 spiro atoms. The molecule has 3 heterocycles. The minimum Gasteiger partial charge on any atom is -0.360 e. The molecule has 6 rings (SSSR count). The number of Topliss-reactive ketones (excluding diaryl/α,β-unsaturated/α-hetero) is 1. The molecule has 0 saturated carbocycles. The summed E-state index contributed by atoms with van der Waals surface area (Å²) < 4.78 is 9.24. The molecule has 1 atom stereocenters. The zero-order chi connectivity index (χ0) is 30.6. The number of fused-ring (bicyclic) bond motifs is 2. The van der Waals surface area contributed by atoms with E-state index in [0.717, 1.165) is 70.9 Å². The van der Waals surface area contributed by atoms with Crippen molar-refractivity contribution in [2.45, 2.75) is 53.2 Å². The molecule has 218 valence electrons. The fourth-order valence-electron chi connectivity index (χ4n) is 5.51. The Kier molecular flexibility index (Phi) is 7.45. The van der Waals surface area contributed by atoms with E-state index in [2.05, 4.69) is 42.4 Å². The van der Waals surface area contributed by atoms with Crippen LogP contribution in [-0.2, 0) is 16.6 Å². The molecule has 0 fully saturated rings. The normalized spacial score (nSPS) is 12.7. The van der Waals surface area contributed by atoms with E-state index in [-0.39, 0.29) is 5.78 Å². The van der Waals surface area contributed by atoms with Crippen molar-refractivity contribution >= 4 is 49.8 Å². The van der Waals surface area contributed by atoms with Gasteiger partial charge in [-0.15, -0.1) is 11.3 Å². The maximum Gasteiger partial charge on any atom is 0.163 e. The van der Waals surface area contributed by atoms with Crippen LogP contribution in [0.15, 0.2) is 66.9 Å². The average Bonchev–Trinajstić information content (AvgIpc) is 3.54. The second-order valence-electron chi connectivity index (χ2n) is 12.0. The van der Waals surface area contributed by atoms with Gasteiger partial charge in [-0.1, -0.05) is 35.9 Å².